The quantitative estimate of drug-likeness (QED) is 0.734. The van der Waals surface area contributed by atoms with Crippen molar-refractivity contribution in [3.8, 4) is 22.5 Å². The molecule has 0 aliphatic rings. The highest BCUT2D eigenvalue weighted by Crippen LogP contribution is 2.31. The van der Waals surface area contributed by atoms with E-state index in [0.717, 1.165) is 5.56 Å². The Morgan fingerprint density at radius 2 is 1.63 bits per heavy atom. The average molecular weight is 253 g/mol. The molecule has 1 aromatic heterocycles. The van der Waals surface area contributed by atoms with Crippen molar-refractivity contribution in [3.63, 3.8) is 0 Å². The molecule has 0 bridgehead atoms. The number of nitrogens with two attached hydrogens (primary N) is 1. The summed E-state index contributed by atoms with van der Waals surface area (Å²) < 4.78 is 13.9. The highest BCUT2D eigenvalue weighted by molar-refractivity contribution is 5.79. The zero-order valence-electron chi connectivity index (χ0n) is 10.1. The molecule has 0 unspecified atom stereocenters. The van der Waals surface area contributed by atoms with Gasteiger partial charge in [-0.05, 0) is 12.1 Å². The first-order chi connectivity index (χ1) is 9.25. The van der Waals surface area contributed by atoms with Crippen LogP contribution in [0.25, 0.3) is 22.5 Å². The third-order valence-corrected chi connectivity index (χ3v) is 2.91. The number of halogens is 1. The van der Waals surface area contributed by atoms with Crippen molar-refractivity contribution in [1.29, 1.82) is 0 Å². The van der Waals surface area contributed by atoms with Crippen LogP contribution in [0.1, 0.15) is 0 Å². The lowest BCUT2D eigenvalue weighted by molar-refractivity contribution is 0.631. The molecule has 3 rings (SSSR count). The molecule has 4 heteroatoms. The molecule has 0 atom stereocenters. The van der Waals surface area contributed by atoms with Gasteiger partial charge in [-0.15, -0.1) is 0 Å². The Morgan fingerprint density at radius 3 is 2.37 bits per heavy atom. The number of nitrogens with one attached hydrogen (secondary N) is 1. The van der Waals surface area contributed by atoms with Crippen LogP contribution in [0.5, 0.6) is 0 Å². The number of hydrogen-bond acceptors (Lipinski definition) is 2. The standard InChI is InChI=1S/C15H12FN3/c16-12-9-5-4-8-11(12)14-13(18-15(17)19-14)10-6-2-1-3-7-10/h1-9H,(H3,17,18,19). The second kappa shape index (κ2) is 4.57. The van der Waals surface area contributed by atoms with E-state index in [9.17, 15) is 4.39 Å². The van der Waals surface area contributed by atoms with Crippen LogP contribution in [0.2, 0.25) is 0 Å². The first-order valence-corrected chi connectivity index (χ1v) is 5.91. The number of rotatable bonds is 2. The molecule has 1 heterocycles. The maximum Gasteiger partial charge on any atom is 0.198 e. The maximum atomic E-state index is 13.9. The second-order valence-corrected chi connectivity index (χ2v) is 4.19. The monoisotopic (exact) mass is 253 g/mol. The molecule has 19 heavy (non-hydrogen) atoms. The Hall–Kier alpha value is -2.62. The zero-order valence-corrected chi connectivity index (χ0v) is 10.1. The number of H-pyrrole nitrogens is 1. The lowest BCUT2D eigenvalue weighted by atomic mass is 10.0. The van der Waals surface area contributed by atoms with Gasteiger partial charge in [-0.2, -0.15) is 0 Å². The van der Waals surface area contributed by atoms with E-state index in [4.69, 9.17) is 5.73 Å². The van der Waals surface area contributed by atoms with Crippen molar-refractivity contribution in [2.75, 3.05) is 5.73 Å². The van der Waals surface area contributed by atoms with Gasteiger partial charge in [-0.3, -0.25) is 0 Å². The first kappa shape index (κ1) is 11.5. The number of anilines is 1. The minimum Gasteiger partial charge on any atom is -0.369 e. The summed E-state index contributed by atoms with van der Waals surface area (Å²) in [6, 6.07) is 16.1. The lowest BCUT2D eigenvalue weighted by Crippen LogP contribution is -1.87. The molecular formula is C15H12FN3. The molecule has 0 aliphatic carbocycles. The fraction of sp³-hybridized carbons (Fsp3) is 0. The molecule has 3 aromatic rings. The topological polar surface area (TPSA) is 54.7 Å². The predicted octanol–water partition coefficient (Wildman–Crippen LogP) is 3.47. The summed E-state index contributed by atoms with van der Waals surface area (Å²) in [6.07, 6.45) is 0. The van der Waals surface area contributed by atoms with Crippen molar-refractivity contribution in [2.45, 2.75) is 0 Å². The van der Waals surface area contributed by atoms with Gasteiger partial charge >= 0.3 is 0 Å². The SMILES string of the molecule is Nc1nc(-c2ccccc2)c(-c2ccccc2F)[nH]1. The molecule has 2 aromatic carbocycles. The van der Waals surface area contributed by atoms with Crippen LogP contribution in [0.3, 0.4) is 0 Å². The first-order valence-electron chi connectivity index (χ1n) is 5.91. The van der Waals surface area contributed by atoms with E-state index in [1.165, 1.54) is 6.07 Å². The minimum absolute atomic E-state index is 0.275. The molecule has 0 fully saturated rings. The summed E-state index contributed by atoms with van der Waals surface area (Å²) in [7, 11) is 0. The van der Waals surface area contributed by atoms with Crippen LogP contribution in [-0.4, -0.2) is 9.97 Å². The van der Waals surface area contributed by atoms with Gasteiger partial charge in [0.05, 0.1) is 11.4 Å². The fourth-order valence-corrected chi connectivity index (χ4v) is 2.06. The molecule has 0 saturated heterocycles. The molecule has 94 valence electrons. The van der Waals surface area contributed by atoms with Crippen LogP contribution in [0.4, 0.5) is 10.3 Å². The van der Waals surface area contributed by atoms with Crippen LogP contribution in [0.15, 0.2) is 54.6 Å². The Morgan fingerprint density at radius 1 is 0.947 bits per heavy atom. The van der Waals surface area contributed by atoms with Crippen LogP contribution in [0, 0.1) is 5.82 Å². The zero-order chi connectivity index (χ0) is 13.2. The van der Waals surface area contributed by atoms with Gasteiger partial charge in [-0.25, -0.2) is 9.37 Å². The summed E-state index contributed by atoms with van der Waals surface area (Å²) >= 11 is 0. The number of hydrogen-bond donors (Lipinski definition) is 2. The van der Waals surface area contributed by atoms with E-state index in [-0.39, 0.29) is 11.8 Å². The maximum absolute atomic E-state index is 13.9. The van der Waals surface area contributed by atoms with E-state index in [0.29, 0.717) is 17.0 Å². The van der Waals surface area contributed by atoms with Crippen molar-refractivity contribution in [1.82, 2.24) is 9.97 Å². The van der Waals surface area contributed by atoms with Gasteiger partial charge in [0.1, 0.15) is 5.82 Å². The number of benzene rings is 2. The summed E-state index contributed by atoms with van der Waals surface area (Å²) in [4.78, 5) is 7.18. The van der Waals surface area contributed by atoms with E-state index in [2.05, 4.69) is 9.97 Å². The summed E-state index contributed by atoms with van der Waals surface area (Å²) in [6.45, 7) is 0. The third kappa shape index (κ3) is 2.08. The van der Waals surface area contributed by atoms with Crippen LogP contribution in [-0.2, 0) is 0 Å². The Labute approximate surface area is 109 Å². The van der Waals surface area contributed by atoms with Gasteiger partial charge in [0.15, 0.2) is 5.95 Å². The van der Waals surface area contributed by atoms with Gasteiger partial charge in [0.25, 0.3) is 0 Å². The largest absolute Gasteiger partial charge is 0.369 e. The highest BCUT2D eigenvalue weighted by atomic mass is 19.1. The minimum atomic E-state index is -0.302. The third-order valence-electron chi connectivity index (χ3n) is 2.91. The molecule has 0 amide bonds. The summed E-state index contributed by atoms with van der Waals surface area (Å²) in [5.74, 6) is -0.0274. The van der Waals surface area contributed by atoms with Gasteiger partial charge in [0.2, 0.25) is 0 Å². The normalized spacial score (nSPS) is 10.6. The number of nitrogens with zero attached hydrogens (tertiary/aromatic N) is 1. The lowest BCUT2D eigenvalue weighted by Gasteiger charge is -2.04. The summed E-state index contributed by atoms with van der Waals surface area (Å²) in [5, 5.41) is 0. The average Bonchev–Trinajstić information content (AvgIpc) is 2.82. The number of aromatic amines is 1. The number of imidazole rings is 1. The smallest absolute Gasteiger partial charge is 0.198 e. The molecule has 0 spiro atoms. The molecule has 0 saturated carbocycles. The molecule has 3 nitrogen and oxygen atoms in total. The molecule has 0 aliphatic heterocycles. The highest BCUT2D eigenvalue weighted by Gasteiger charge is 2.15. The number of aromatic nitrogens is 2. The van der Waals surface area contributed by atoms with E-state index in [1.807, 2.05) is 30.3 Å². The van der Waals surface area contributed by atoms with Crippen molar-refractivity contribution >= 4 is 5.95 Å². The van der Waals surface area contributed by atoms with Gasteiger partial charge in [0, 0.05) is 11.1 Å². The summed E-state index contributed by atoms with van der Waals surface area (Å²) in [5.41, 5.74) is 8.33. The van der Waals surface area contributed by atoms with Crippen molar-refractivity contribution in [3.05, 3.63) is 60.4 Å². The molecular weight excluding hydrogens is 241 g/mol. The molecule has 3 N–H and O–H groups in total. The molecule has 0 radical (unpaired) electrons. The van der Waals surface area contributed by atoms with E-state index >= 15 is 0 Å². The van der Waals surface area contributed by atoms with E-state index < -0.39 is 0 Å². The predicted molar refractivity (Wildman–Crippen MR) is 73.8 cm³/mol. The Balaban J connectivity index is 2.21. The Bertz CT molecular complexity index is 704. The van der Waals surface area contributed by atoms with Gasteiger partial charge in [-0.1, -0.05) is 42.5 Å². The van der Waals surface area contributed by atoms with Crippen molar-refractivity contribution in [2.24, 2.45) is 0 Å². The van der Waals surface area contributed by atoms with Crippen molar-refractivity contribution < 1.29 is 4.39 Å². The Kier molecular flexibility index (Phi) is 2.76. The van der Waals surface area contributed by atoms with E-state index in [1.54, 1.807) is 18.2 Å². The second-order valence-electron chi connectivity index (χ2n) is 4.19. The van der Waals surface area contributed by atoms with Gasteiger partial charge < -0.3 is 10.7 Å². The van der Waals surface area contributed by atoms with Crippen LogP contribution < -0.4 is 5.73 Å². The van der Waals surface area contributed by atoms with Crippen LogP contribution >= 0.6 is 0 Å². The fourth-order valence-electron chi connectivity index (χ4n) is 2.06. The number of nitrogen functional groups attached to an aromatic ring is 1.